The maximum Gasteiger partial charge on any atom is 0.0993 e. The predicted molar refractivity (Wildman–Crippen MR) is 45.3 cm³/mol. The summed E-state index contributed by atoms with van der Waals surface area (Å²) >= 11 is 1.69. The van der Waals surface area contributed by atoms with Gasteiger partial charge in [0.25, 0.3) is 0 Å². The van der Waals surface area contributed by atoms with Gasteiger partial charge in [-0.1, -0.05) is 19.1 Å². The van der Waals surface area contributed by atoms with Crippen molar-refractivity contribution in [2.45, 2.75) is 19.8 Å². The Bertz CT molecular complexity index is 213. The van der Waals surface area contributed by atoms with Crippen molar-refractivity contribution in [1.82, 2.24) is 4.98 Å². The first-order valence-corrected chi connectivity index (χ1v) is 4.14. The van der Waals surface area contributed by atoms with Gasteiger partial charge in [-0.2, -0.15) is 0 Å². The van der Waals surface area contributed by atoms with E-state index in [-0.39, 0.29) is 0 Å². The summed E-state index contributed by atoms with van der Waals surface area (Å²) in [6.07, 6.45) is 1.83. The highest BCUT2D eigenvalue weighted by atomic mass is 32.1. The molecular formula is C8H11NS. The Labute approximate surface area is 65.4 Å². The zero-order chi connectivity index (χ0) is 7.56. The number of rotatable bonds is 2. The molecule has 1 nitrogen and oxygen atoms in total. The number of aromatic nitrogens is 1. The van der Waals surface area contributed by atoms with Crippen molar-refractivity contribution in [3.05, 3.63) is 28.7 Å². The van der Waals surface area contributed by atoms with E-state index in [1.54, 1.807) is 11.3 Å². The van der Waals surface area contributed by atoms with Crippen LogP contribution in [0.25, 0.3) is 0 Å². The van der Waals surface area contributed by atoms with Crippen LogP contribution < -0.4 is 0 Å². The Morgan fingerprint density at radius 3 is 2.90 bits per heavy atom. The van der Waals surface area contributed by atoms with E-state index in [9.17, 15) is 0 Å². The molecule has 0 aliphatic rings. The number of hydrogen-bond donors (Lipinski definition) is 0. The van der Waals surface area contributed by atoms with E-state index in [4.69, 9.17) is 0 Å². The predicted octanol–water partition coefficient (Wildman–Crippen LogP) is 2.82. The minimum absolute atomic E-state index is 0.417. The minimum atomic E-state index is 0.417. The maximum atomic E-state index is 4.20. The lowest BCUT2D eigenvalue weighted by Crippen LogP contribution is -1.91. The molecule has 0 radical (unpaired) electrons. The summed E-state index contributed by atoms with van der Waals surface area (Å²) in [5.41, 5.74) is 1.18. The number of nitrogens with zero attached hydrogens (tertiary/aromatic N) is 1. The van der Waals surface area contributed by atoms with Crippen LogP contribution in [0.5, 0.6) is 0 Å². The average molecular weight is 153 g/mol. The van der Waals surface area contributed by atoms with Crippen molar-refractivity contribution in [3.8, 4) is 0 Å². The van der Waals surface area contributed by atoms with E-state index in [0.29, 0.717) is 5.92 Å². The molecule has 0 saturated heterocycles. The normalized spacial score (nSPS) is 13.0. The second-order valence-electron chi connectivity index (χ2n) is 2.44. The summed E-state index contributed by atoms with van der Waals surface area (Å²) in [5, 5.41) is 3.15. The molecule has 1 atom stereocenters. The largest absolute Gasteiger partial charge is 0.249 e. The first kappa shape index (κ1) is 7.48. The molecule has 1 aromatic rings. The first-order chi connectivity index (χ1) is 4.72. The summed E-state index contributed by atoms with van der Waals surface area (Å²) < 4.78 is 0. The number of thiazole rings is 1. The van der Waals surface area contributed by atoms with Gasteiger partial charge in [-0.15, -0.1) is 11.3 Å². The van der Waals surface area contributed by atoms with Crippen LogP contribution in [0.4, 0.5) is 0 Å². The van der Waals surface area contributed by atoms with Crippen molar-refractivity contribution in [3.63, 3.8) is 0 Å². The van der Waals surface area contributed by atoms with Crippen LogP contribution in [0.15, 0.2) is 23.7 Å². The van der Waals surface area contributed by atoms with Crippen LogP contribution in [-0.2, 0) is 0 Å². The fourth-order valence-corrected chi connectivity index (χ4v) is 1.45. The summed E-state index contributed by atoms with van der Waals surface area (Å²) in [4.78, 5) is 4.20. The molecule has 0 fully saturated rings. The average Bonchev–Trinajstić information content (AvgIpc) is 2.36. The molecule has 0 aliphatic heterocycles. The molecule has 1 rings (SSSR count). The van der Waals surface area contributed by atoms with Crippen LogP contribution in [0, 0.1) is 0 Å². The Kier molecular flexibility index (Phi) is 2.22. The lowest BCUT2D eigenvalue weighted by Gasteiger charge is -2.05. The fraction of sp³-hybridized carbons (Fsp3) is 0.375. The van der Waals surface area contributed by atoms with Crippen LogP contribution in [0.1, 0.15) is 24.8 Å². The Morgan fingerprint density at radius 1 is 1.80 bits per heavy atom. The van der Waals surface area contributed by atoms with Gasteiger partial charge in [0, 0.05) is 17.5 Å². The molecule has 0 N–H and O–H groups in total. The van der Waals surface area contributed by atoms with Crippen molar-refractivity contribution in [2.75, 3.05) is 0 Å². The van der Waals surface area contributed by atoms with Crippen LogP contribution in [-0.4, -0.2) is 4.98 Å². The molecule has 0 saturated carbocycles. The van der Waals surface area contributed by atoms with E-state index in [1.165, 1.54) is 5.57 Å². The van der Waals surface area contributed by atoms with E-state index >= 15 is 0 Å². The molecule has 0 spiro atoms. The highest BCUT2D eigenvalue weighted by Gasteiger charge is 2.06. The molecule has 10 heavy (non-hydrogen) atoms. The van der Waals surface area contributed by atoms with Gasteiger partial charge in [0.15, 0.2) is 0 Å². The van der Waals surface area contributed by atoms with Crippen molar-refractivity contribution in [2.24, 2.45) is 0 Å². The molecule has 2 heteroatoms. The van der Waals surface area contributed by atoms with Gasteiger partial charge < -0.3 is 0 Å². The third kappa shape index (κ3) is 1.45. The van der Waals surface area contributed by atoms with E-state index in [2.05, 4.69) is 18.5 Å². The third-order valence-electron chi connectivity index (χ3n) is 1.56. The minimum Gasteiger partial charge on any atom is -0.249 e. The Balaban J connectivity index is 2.77. The van der Waals surface area contributed by atoms with Gasteiger partial charge in [-0.25, -0.2) is 4.98 Å². The lowest BCUT2D eigenvalue weighted by atomic mass is 10.1. The second kappa shape index (κ2) is 2.97. The van der Waals surface area contributed by atoms with Crippen LogP contribution >= 0.6 is 11.3 Å². The van der Waals surface area contributed by atoms with Gasteiger partial charge in [-0.05, 0) is 6.92 Å². The van der Waals surface area contributed by atoms with E-state index in [1.807, 2.05) is 18.5 Å². The molecule has 1 aromatic heterocycles. The van der Waals surface area contributed by atoms with Crippen LogP contribution in [0.3, 0.4) is 0 Å². The Morgan fingerprint density at radius 2 is 2.50 bits per heavy atom. The zero-order valence-corrected chi connectivity index (χ0v) is 7.11. The topological polar surface area (TPSA) is 12.9 Å². The highest BCUT2D eigenvalue weighted by Crippen LogP contribution is 2.23. The maximum absolute atomic E-state index is 4.20. The molecule has 0 aliphatic carbocycles. The van der Waals surface area contributed by atoms with Gasteiger partial charge in [-0.3, -0.25) is 0 Å². The summed E-state index contributed by atoms with van der Waals surface area (Å²) in [5.74, 6) is 0.417. The van der Waals surface area contributed by atoms with Crippen LogP contribution in [0.2, 0.25) is 0 Å². The molecule has 0 amide bonds. The monoisotopic (exact) mass is 153 g/mol. The van der Waals surface area contributed by atoms with Gasteiger partial charge >= 0.3 is 0 Å². The second-order valence-corrected chi connectivity index (χ2v) is 3.36. The number of hydrogen-bond acceptors (Lipinski definition) is 2. The summed E-state index contributed by atoms with van der Waals surface area (Å²) in [6, 6.07) is 0. The fourth-order valence-electron chi connectivity index (χ4n) is 0.659. The highest BCUT2D eigenvalue weighted by molar-refractivity contribution is 7.09. The Hall–Kier alpha value is -0.630. The smallest absolute Gasteiger partial charge is 0.0993 e. The van der Waals surface area contributed by atoms with Gasteiger partial charge in [0.2, 0.25) is 0 Å². The molecule has 1 heterocycles. The van der Waals surface area contributed by atoms with Crippen molar-refractivity contribution in [1.29, 1.82) is 0 Å². The molecule has 0 aromatic carbocycles. The number of allylic oxidation sites excluding steroid dienone is 1. The standard InChI is InChI=1S/C8H11NS/c1-6(2)7(3)8-9-4-5-10-8/h4-5,7H,1H2,2-3H3. The molecule has 0 bridgehead atoms. The first-order valence-electron chi connectivity index (χ1n) is 3.26. The van der Waals surface area contributed by atoms with Gasteiger partial charge in [0.1, 0.15) is 0 Å². The summed E-state index contributed by atoms with van der Waals surface area (Å²) in [7, 11) is 0. The van der Waals surface area contributed by atoms with E-state index in [0.717, 1.165) is 5.01 Å². The van der Waals surface area contributed by atoms with Crippen molar-refractivity contribution >= 4 is 11.3 Å². The third-order valence-corrected chi connectivity index (χ3v) is 2.52. The SMILES string of the molecule is C=C(C)C(C)c1nccs1. The molecule has 1 unspecified atom stereocenters. The van der Waals surface area contributed by atoms with Gasteiger partial charge in [0.05, 0.1) is 5.01 Å². The quantitative estimate of drug-likeness (QED) is 0.595. The van der Waals surface area contributed by atoms with E-state index < -0.39 is 0 Å². The van der Waals surface area contributed by atoms with Crippen molar-refractivity contribution < 1.29 is 0 Å². The lowest BCUT2D eigenvalue weighted by molar-refractivity contribution is 0.883. The summed E-state index contributed by atoms with van der Waals surface area (Å²) in [6.45, 7) is 8.04. The molecular weight excluding hydrogens is 142 g/mol. The zero-order valence-electron chi connectivity index (χ0n) is 6.29. The molecule has 54 valence electrons.